The Morgan fingerprint density at radius 1 is 1.17 bits per heavy atom. The average molecular weight is 246 g/mol. The predicted molar refractivity (Wildman–Crippen MR) is 77.5 cm³/mol. The molecule has 0 saturated carbocycles. The van der Waals surface area contributed by atoms with Crippen molar-refractivity contribution >= 4 is 0 Å². The van der Waals surface area contributed by atoms with Gasteiger partial charge in [0.1, 0.15) is 6.07 Å². The molecular formula is C16H26N2. The smallest absolute Gasteiger partial charge is 0.101 e. The largest absolute Gasteiger partial charge is 0.260 e. The molecule has 0 aliphatic rings. The Morgan fingerprint density at radius 2 is 1.83 bits per heavy atom. The summed E-state index contributed by atoms with van der Waals surface area (Å²) in [5, 5.41) is 8.62. The summed E-state index contributed by atoms with van der Waals surface area (Å²) >= 11 is 0. The van der Waals surface area contributed by atoms with Crippen LogP contribution in [0.25, 0.3) is 0 Å². The molecule has 1 unspecified atom stereocenters. The van der Waals surface area contributed by atoms with E-state index in [1.807, 2.05) is 12.1 Å². The van der Waals surface area contributed by atoms with Crippen LogP contribution >= 0.6 is 0 Å². The maximum atomic E-state index is 8.62. The van der Waals surface area contributed by atoms with Crippen LogP contribution in [0.15, 0.2) is 18.3 Å². The highest BCUT2D eigenvalue weighted by molar-refractivity contribution is 5.27. The summed E-state index contributed by atoms with van der Waals surface area (Å²) in [5.41, 5.74) is 1.73. The molecule has 1 aromatic heterocycles. The molecule has 0 fully saturated rings. The van der Waals surface area contributed by atoms with Crippen LogP contribution in [0.1, 0.15) is 77.0 Å². The van der Waals surface area contributed by atoms with Crippen LogP contribution in [-0.2, 0) is 0 Å². The number of rotatable bonds is 5. The summed E-state index contributed by atoms with van der Waals surface area (Å²) in [6, 6.07) is 5.87. The average Bonchev–Trinajstić information content (AvgIpc) is 2.45. The first kappa shape index (κ1) is 16.6. The van der Waals surface area contributed by atoms with Gasteiger partial charge in [0.25, 0.3) is 0 Å². The molecule has 100 valence electrons. The number of nitriles is 1. The Balaban J connectivity index is 0.000000631. The first-order valence-electron chi connectivity index (χ1n) is 7.05. The van der Waals surface area contributed by atoms with Gasteiger partial charge >= 0.3 is 0 Å². The molecule has 0 N–H and O–H groups in total. The van der Waals surface area contributed by atoms with Gasteiger partial charge in [-0.05, 0) is 24.5 Å². The molecule has 1 rings (SSSR count). The number of hydrogen-bond donors (Lipinski definition) is 0. The van der Waals surface area contributed by atoms with Gasteiger partial charge in [0, 0.05) is 11.9 Å². The normalized spacial score (nSPS) is 11.1. The zero-order valence-electron chi connectivity index (χ0n) is 12.2. The van der Waals surface area contributed by atoms with E-state index in [1.165, 1.54) is 32.1 Å². The summed E-state index contributed by atoms with van der Waals surface area (Å²) in [7, 11) is 0. The van der Waals surface area contributed by atoms with Gasteiger partial charge in [-0.2, -0.15) is 5.26 Å². The number of unbranched alkanes of at least 4 members (excludes halogenated alkanes) is 2. The number of pyridine rings is 1. The summed E-state index contributed by atoms with van der Waals surface area (Å²) < 4.78 is 0. The molecule has 0 radical (unpaired) electrons. The fraction of sp³-hybridized carbons (Fsp3) is 0.625. The Bertz CT molecular complexity index is 333. The highest BCUT2D eigenvalue weighted by atomic mass is 14.7. The van der Waals surface area contributed by atoms with Crippen LogP contribution in [0.4, 0.5) is 0 Å². The fourth-order valence-electron chi connectivity index (χ4n) is 1.42. The van der Waals surface area contributed by atoms with Crippen molar-refractivity contribution in [3.8, 4) is 6.07 Å². The second-order valence-electron chi connectivity index (χ2n) is 4.63. The van der Waals surface area contributed by atoms with Gasteiger partial charge in [-0.1, -0.05) is 53.4 Å². The van der Waals surface area contributed by atoms with E-state index in [9.17, 15) is 0 Å². The number of hydrogen-bond acceptors (Lipinski definition) is 2. The molecule has 0 aliphatic heterocycles. The van der Waals surface area contributed by atoms with Gasteiger partial charge in [-0.25, -0.2) is 0 Å². The molecule has 2 heteroatoms. The number of aromatic nitrogens is 1. The van der Waals surface area contributed by atoms with Gasteiger partial charge in [-0.3, -0.25) is 4.98 Å². The maximum Gasteiger partial charge on any atom is 0.101 e. The topological polar surface area (TPSA) is 36.7 Å². The fourth-order valence-corrected chi connectivity index (χ4v) is 1.42. The standard InChI is InChI=1S/C12H16N2.C4H10/c1-3-4-5-10(2)12-7-6-11(8-13)9-14-12;1-3-4-2/h6-7,9-10H,3-5H2,1-2H3;3-4H2,1-2H3. The Hall–Kier alpha value is -1.36. The van der Waals surface area contributed by atoms with E-state index in [-0.39, 0.29) is 0 Å². The Kier molecular flexibility index (Phi) is 9.96. The van der Waals surface area contributed by atoms with Crippen molar-refractivity contribution in [1.29, 1.82) is 5.26 Å². The van der Waals surface area contributed by atoms with Crippen LogP contribution in [-0.4, -0.2) is 4.98 Å². The molecule has 1 aromatic rings. The molecule has 2 nitrogen and oxygen atoms in total. The molecule has 1 heterocycles. The van der Waals surface area contributed by atoms with Crippen molar-refractivity contribution < 1.29 is 0 Å². The quantitative estimate of drug-likeness (QED) is 0.728. The minimum Gasteiger partial charge on any atom is -0.260 e. The minimum atomic E-state index is 0.502. The van der Waals surface area contributed by atoms with Crippen LogP contribution in [0.5, 0.6) is 0 Å². The molecule has 0 saturated heterocycles. The van der Waals surface area contributed by atoms with E-state index in [0.717, 1.165) is 5.69 Å². The Morgan fingerprint density at radius 3 is 2.22 bits per heavy atom. The van der Waals surface area contributed by atoms with Gasteiger partial charge in [0.05, 0.1) is 5.56 Å². The van der Waals surface area contributed by atoms with E-state index < -0.39 is 0 Å². The van der Waals surface area contributed by atoms with Crippen LogP contribution in [0, 0.1) is 11.3 Å². The lowest BCUT2D eigenvalue weighted by Gasteiger charge is -2.09. The first-order chi connectivity index (χ1) is 8.69. The molecule has 1 atom stereocenters. The van der Waals surface area contributed by atoms with E-state index in [1.54, 1.807) is 6.20 Å². The third kappa shape index (κ3) is 7.06. The summed E-state index contributed by atoms with van der Waals surface area (Å²) in [6.07, 6.45) is 7.93. The predicted octanol–water partition coefficient (Wildman–Crippen LogP) is 5.05. The highest BCUT2D eigenvalue weighted by Gasteiger charge is 2.05. The summed E-state index contributed by atoms with van der Waals surface area (Å²) in [4.78, 5) is 4.28. The van der Waals surface area contributed by atoms with Gasteiger partial charge in [0.2, 0.25) is 0 Å². The van der Waals surface area contributed by atoms with Gasteiger partial charge < -0.3 is 0 Å². The van der Waals surface area contributed by atoms with E-state index in [4.69, 9.17) is 5.26 Å². The molecular weight excluding hydrogens is 220 g/mol. The van der Waals surface area contributed by atoms with Crippen LogP contribution in [0.2, 0.25) is 0 Å². The molecule has 18 heavy (non-hydrogen) atoms. The van der Waals surface area contributed by atoms with Crippen molar-refractivity contribution in [2.45, 2.75) is 65.7 Å². The van der Waals surface area contributed by atoms with Crippen LogP contribution < -0.4 is 0 Å². The maximum absolute atomic E-state index is 8.62. The van der Waals surface area contributed by atoms with Crippen molar-refractivity contribution in [1.82, 2.24) is 4.98 Å². The van der Waals surface area contributed by atoms with Crippen molar-refractivity contribution in [2.75, 3.05) is 0 Å². The lowest BCUT2D eigenvalue weighted by Crippen LogP contribution is -1.96. The second kappa shape index (κ2) is 10.8. The molecule has 0 aliphatic carbocycles. The van der Waals surface area contributed by atoms with E-state index >= 15 is 0 Å². The lowest BCUT2D eigenvalue weighted by molar-refractivity contribution is 0.611. The van der Waals surface area contributed by atoms with Gasteiger partial charge in [0.15, 0.2) is 0 Å². The second-order valence-corrected chi connectivity index (χ2v) is 4.63. The zero-order valence-corrected chi connectivity index (χ0v) is 12.2. The minimum absolute atomic E-state index is 0.502. The van der Waals surface area contributed by atoms with Crippen molar-refractivity contribution in [3.63, 3.8) is 0 Å². The van der Waals surface area contributed by atoms with Crippen molar-refractivity contribution in [3.05, 3.63) is 29.6 Å². The molecule has 0 spiro atoms. The monoisotopic (exact) mass is 246 g/mol. The molecule has 0 amide bonds. The molecule has 0 aromatic carbocycles. The summed E-state index contributed by atoms with van der Waals surface area (Å²) in [5.74, 6) is 0.502. The van der Waals surface area contributed by atoms with Gasteiger partial charge in [-0.15, -0.1) is 0 Å². The zero-order chi connectivity index (χ0) is 13.8. The lowest BCUT2D eigenvalue weighted by atomic mass is 10.00. The summed E-state index contributed by atoms with van der Waals surface area (Å²) in [6.45, 7) is 8.74. The third-order valence-electron chi connectivity index (χ3n) is 2.91. The third-order valence-corrected chi connectivity index (χ3v) is 2.91. The highest BCUT2D eigenvalue weighted by Crippen LogP contribution is 2.19. The SMILES string of the molecule is CCCC.CCCCC(C)c1ccc(C#N)cn1. The Labute approximate surface area is 112 Å². The van der Waals surface area contributed by atoms with Crippen molar-refractivity contribution in [2.24, 2.45) is 0 Å². The number of nitrogens with zero attached hydrogens (tertiary/aromatic N) is 2. The molecule has 0 bridgehead atoms. The van der Waals surface area contributed by atoms with E-state index in [0.29, 0.717) is 11.5 Å². The van der Waals surface area contributed by atoms with Crippen LogP contribution in [0.3, 0.4) is 0 Å². The van der Waals surface area contributed by atoms with E-state index in [2.05, 4.69) is 38.7 Å². The first-order valence-corrected chi connectivity index (χ1v) is 7.05.